The summed E-state index contributed by atoms with van der Waals surface area (Å²) in [4.78, 5) is 11.9. The fourth-order valence-corrected chi connectivity index (χ4v) is 2.26. The lowest BCUT2D eigenvalue weighted by molar-refractivity contribution is 0.0955. The van der Waals surface area contributed by atoms with Gasteiger partial charge in [-0.15, -0.1) is 0 Å². The molecule has 0 aliphatic rings. The molecule has 120 valence electrons. The highest BCUT2D eigenvalue weighted by atomic mass is 35.5. The van der Waals surface area contributed by atoms with Crippen LogP contribution in [0.15, 0.2) is 70.2 Å². The fourth-order valence-electron chi connectivity index (χ4n) is 2.01. The predicted octanol–water partition coefficient (Wildman–Crippen LogP) is 5.02. The Balaban J connectivity index is 1.64. The summed E-state index contributed by atoms with van der Waals surface area (Å²) in [6.07, 6.45) is 1.44. The molecule has 0 bridgehead atoms. The first-order chi connectivity index (χ1) is 11.6. The minimum atomic E-state index is -0.326. The van der Waals surface area contributed by atoms with Gasteiger partial charge < -0.3 is 4.42 Å². The third-order valence-corrected chi connectivity index (χ3v) is 3.72. The van der Waals surface area contributed by atoms with E-state index in [4.69, 9.17) is 27.6 Å². The average Bonchev–Trinajstić information content (AvgIpc) is 3.05. The second kappa shape index (κ2) is 7.34. The molecule has 0 fully saturated rings. The first kappa shape index (κ1) is 16.3. The van der Waals surface area contributed by atoms with Gasteiger partial charge in [-0.1, -0.05) is 23.2 Å². The summed E-state index contributed by atoms with van der Waals surface area (Å²) in [6, 6.07) is 17.4. The van der Waals surface area contributed by atoms with Gasteiger partial charge in [0.1, 0.15) is 11.5 Å². The fraction of sp³-hybridized carbons (Fsp3) is 0. The van der Waals surface area contributed by atoms with E-state index in [1.807, 2.05) is 18.2 Å². The van der Waals surface area contributed by atoms with E-state index in [1.54, 1.807) is 42.5 Å². The largest absolute Gasteiger partial charge is 0.455 e. The lowest BCUT2D eigenvalue weighted by Crippen LogP contribution is -2.17. The highest BCUT2D eigenvalue weighted by Gasteiger charge is 2.05. The number of halogens is 2. The number of hydrogen-bond donors (Lipinski definition) is 1. The smallest absolute Gasteiger partial charge is 0.271 e. The summed E-state index contributed by atoms with van der Waals surface area (Å²) in [5, 5.41) is 5.12. The number of benzene rings is 2. The molecule has 0 saturated heterocycles. The third kappa shape index (κ3) is 4.04. The Morgan fingerprint density at radius 3 is 2.21 bits per heavy atom. The molecule has 0 aliphatic heterocycles. The van der Waals surface area contributed by atoms with Crippen LogP contribution in [-0.4, -0.2) is 12.1 Å². The normalized spacial score (nSPS) is 10.9. The number of nitrogens with one attached hydrogen (secondary N) is 1. The number of carbonyl (C=O) groups is 1. The second-order valence-corrected chi connectivity index (χ2v) is 5.79. The van der Waals surface area contributed by atoms with E-state index < -0.39 is 0 Å². The van der Waals surface area contributed by atoms with E-state index in [0.717, 1.165) is 5.56 Å². The SMILES string of the molecule is O=C(NN=Cc1ccc(-c2ccc(Cl)cc2)o1)c1ccc(Cl)cc1. The number of nitrogens with zero attached hydrogens (tertiary/aromatic N) is 1. The second-order valence-electron chi connectivity index (χ2n) is 4.91. The van der Waals surface area contributed by atoms with Gasteiger partial charge in [-0.05, 0) is 60.7 Å². The molecule has 3 rings (SSSR count). The maximum absolute atomic E-state index is 11.9. The van der Waals surface area contributed by atoms with Crippen molar-refractivity contribution in [1.82, 2.24) is 5.43 Å². The molecule has 2 aromatic carbocycles. The van der Waals surface area contributed by atoms with Gasteiger partial charge in [0, 0.05) is 21.2 Å². The summed E-state index contributed by atoms with van der Waals surface area (Å²) in [5.74, 6) is 0.890. The van der Waals surface area contributed by atoms with Crippen molar-refractivity contribution in [2.24, 2.45) is 5.10 Å². The molecule has 1 aromatic heterocycles. The van der Waals surface area contributed by atoms with E-state index in [0.29, 0.717) is 27.1 Å². The van der Waals surface area contributed by atoms with Crippen molar-refractivity contribution in [2.75, 3.05) is 0 Å². The zero-order valence-electron chi connectivity index (χ0n) is 12.4. The molecule has 1 heterocycles. The average molecular weight is 359 g/mol. The van der Waals surface area contributed by atoms with Gasteiger partial charge in [0.25, 0.3) is 5.91 Å². The van der Waals surface area contributed by atoms with Gasteiger partial charge >= 0.3 is 0 Å². The van der Waals surface area contributed by atoms with E-state index in [9.17, 15) is 4.79 Å². The Hall–Kier alpha value is -2.56. The van der Waals surface area contributed by atoms with Crippen molar-refractivity contribution in [3.05, 3.63) is 82.0 Å². The van der Waals surface area contributed by atoms with Crippen molar-refractivity contribution in [3.8, 4) is 11.3 Å². The molecule has 4 nitrogen and oxygen atoms in total. The van der Waals surface area contributed by atoms with Crippen molar-refractivity contribution < 1.29 is 9.21 Å². The summed E-state index contributed by atoms with van der Waals surface area (Å²) in [6.45, 7) is 0. The standard InChI is InChI=1S/C18H12Cl2N2O2/c19-14-5-1-12(2-6-14)17-10-9-16(24-17)11-21-22-18(23)13-3-7-15(20)8-4-13/h1-11H,(H,22,23). The molecule has 0 saturated carbocycles. The molecule has 3 aromatic rings. The van der Waals surface area contributed by atoms with Crippen LogP contribution in [0, 0.1) is 0 Å². The van der Waals surface area contributed by atoms with E-state index >= 15 is 0 Å². The van der Waals surface area contributed by atoms with Crippen LogP contribution in [0.25, 0.3) is 11.3 Å². The van der Waals surface area contributed by atoms with Crippen LogP contribution >= 0.6 is 23.2 Å². The molecule has 0 radical (unpaired) electrons. The number of hydrazone groups is 1. The highest BCUT2D eigenvalue weighted by Crippen LogP contribution is 2.23. The molecule has 0 spiro atoms. The molecule has 0 unspecified atom stereocenters. The van der Waals surface area contributed by atoms with Crippen LogP contribution in [-0.2, 0) is 0 Å². The van der Waals surface area contributed by atoms with E-state index in [-0.39, 0.29) is 5.91 Å². The van der Waals surface area contributed by atoms with Crippen molar-refractivity contribution in [1.29, 1.82) is 0 Å². The Labute approximate surface area is 148 Å². The molecule has 0 atom stereocenters. The van der Waals surface area contributed by atoms with Crippen molar-refractivity contribution in [3.63, 3.8) is 0 Å². The number of hydrogen-bond acceptors (Lipinski definition) is 3. The van der Waals surface area contributed by atoms with Gasteiger partial charge in [-0.2, -0.15) is 5.10 Å². The van der Waals surface area contributed by atoms with Gasteiger partial charge in [-0.25, -0.2) is 5.43 Å². The maximum atomic E-state index is 11.9. The monoisotopic (exact) mass is 358 g/mol. The summed E-state index contributed by atoms with van der Waals surface area (Å²) in [5.41, 5.74) is 3.81. The zero-order valence-corrected chi connectivity index (χ0v) is 13.9. The Morgan fingerprint density at radius 1 is 0.917 bits per heavy atom. The maximum Gasteiger partial charge on any atom is 0.271 e. The lowest BCUT2D eigenvalue weighted by atomic mass is 10.2. The van der Waals surface area contributed by atoms with Crippen LogP contribution < -0.4 is 5.43 Å². The number of furan rings is 1. The van der Waals surface area contributed by atoms with E-state index in [1.165, 1.54) is 6.21 Å². The van der Waals surface area contributed by atoms with Crippen LogP contribution in [0.4, 0.5) is 0 Å². The van der Waals surface area contributed by atoms with E-state index in [2.05, 4.69) is 10.5 Å². The molecule has 0 aliphatic carbocycles. The Kier molecular flexibility index (Phi) is 4.99. The number of amides is 1. The zero-order chi connectivity index (χ0) is 16.9. The Morgan fingerprint density at radius 2 is 1.54 bits per heavy atom. The minimum absolute atomic E-state index is 0.326. The summed E-state index contributed by atoms with van der Waals surface area (Å²) < 4.78 is 5.65. The quantitative estimate of drug-likeness (QED) is 0.525. The molecular weight excluding hydrogens is 347 g/mol. The topological polar surface area (TPSA) is 54.6 Å². The first-order valence-electron chi connectivity index (χ1n) is 7.06. The lowest BCUT2D eigenvalue weighted by Gasteiger charge is -1.99. The van der Waals surface area contributed by atoms with Gasteiger partial charge in [0.15, 0.2) is 0 Å². The van der Waals surface area contributed by atoms with Gasteiger partial charge in [-0.3, -0.25) is 4.79 Å². The highest BCUT2D eigenvalue weighted by molar-refractivity contribution is 6.30. The van der Waals surface area contributed by atoms with Crippen LogP contribution in [0.1, 0.15) is 16.1 Å². The van der Waals surface area contributed by atoms with Crippen LogP contribution in [0.3, 0.4) is 0 Å². The first-order valence-corrected chi connectivity index (χ1v) is 7.82. The summed E-state index contributed by atoms with van der Waals surface area (Å²) >= 11 is 11.6. The number of rotatable bonds is 4. The third-order valence-electron chi connectivity index (χ3n) is 3.22. The molecule has 6 heteroatoms. The molecular formula is C18H12Cl2N2O2. The van der Waals surface area contributed by atoms with Gasteiger partial charge in [0.2, 0.25) is 0 Å². The predicted molar refractivity (Wildman–Crippen MR) is 95.7 cm³/mol. The summed E-state index contributed by atoms with van der Waals surface area (Å²) in [7, 11) is 0. The molecule has 24 heavy (non-hydrogen) atoms. The van der Waals surface area contributed by atoms with Crippen molar-refractivity contribution >= 4 is 35.3 Å². The van der Waals surface area contributed by atoms with Crippen molar-refractivity contribution in [2.45, 2.75) is 0 Å². The minimum Gasteiger partial charge on any atom is -0.455 e. The molecule has 1 amide bonds. The molecule has 1 N–H and O–H groups in total. The number of carbonyl (C=O) groups excluding carboxylic acids is 1. The van der Waals surface area contributed by atoms with Crippen LogP contribution in [0.5, 0.6) is 0 Å². The van der Waals surface area contributed by atoms with Gasteiger partial charge in [0.05, 0.1) is 6.21 Å². The Bertz CT molecular complexity index is 869. The van der Waals surface area contributed by atoms with Crippen LogP contribution in [0.2, 0.25) is 10.0 Å².